The second-order valence-electron chi connectivity index (χ2n) is 15.7. The van der Waals surface area contributed by atoms with E-state index in [1.54, 1.807) is 0 Å². The lowest BCUT2D eigenvalue weighted by Gasteiger charge is -2.16. The molecule has 268 valence electrons. The SMILES string of the molecule is c1ccc(-n2c3ccccc3c3cc(-c4ccc5c(c4)c4ccc6ccccc6c4n5-c4ccccc4-c4ccc5c(c4)-c4cccc6cccc-5c46)ccc32)cc1. The van der Waals surface area contributed by atoms with Crippen LogP contribution >= 0.6 is 0 Å². The minimum Gasteiger partial charge on any atom is -0.309 e. The Labute approximate surface area is 335 Å². The number of rotatable bonds is 4. The number of benzene rings is 10. The molecule has 12 aromatic rings. The van der Waals surface area contributed by atoms with Crippen molar-refractivity contribution >= 4 is 65.2 Å². The number of para-hydroxylation sites is 3. The number of fused-ring (bicyclic) bond motifs is 11. The van der Waals surface area contributed by atoms with Crippen LogP contribution in [0.1, 0.15) is 0 Å². The van der Waals surface area contributed by atoms with Gasteiger partial charge < -0.3 is 9.13 Å². The van der Waals surface area contributed by atoms with Crippen molar-refractivity contribution < 1.29 is 0 Å². The zero-order valence-corrected chi connectivity index (χ0v) is 31.5. The molecule has 0 spiro atoms. The Balaban J connectivity index is 1.03. The fourth-order valence-corrected chi connectivity index (χ4v) is 10.1. The van der Waals surface area contributed by atoms with E-state index < -0.39 is 0 Å². The van der Waals surface area contributed by atoms with E-state index in [-0.39, 0.29) is 0 Å². The maximum atomic E-state index is 2.52. The summed E-state index contributed by atoms with van der Waals surface area (Å²) in [7, 11) is 0. The van der Waals surface area contributed by atoms with Gasteiger partial charge >= 0.3 is 0 Å². The summed E-state index contributed by atoms with van der Waals surface area (Å²) in [5.41, 5.74) is 17.3. The molecule has 0 saturated heterocycles. The molecule has 0 fully saturated rings. The molecule has 2 heteroatoms. The van der Waals surface area contributed by atoms with Crippen LogP contribution in [0.15, 0.2) is 206 Å². The van der Waals surface area contributed by atoms with Gasteiger partial charge in [0.2, 0.25) is 0 Å². The van der Waals surface area contributed by atoms with Gasteiger partial charge in [-0.1, -0.05) is 152 Å². The summed E-state index contributed by atoms with van der Waals surface area (Å²) >= 11 is 0. The largest absolute Gasteiger partial charge is 0.309 e. The van der Waals surface area contributed by atoms with Gasteiger partial charge in [-0.2, -0.15) is 0 Å². The van der Waals surface area contributed by atoms with Gasteiger partial charge in [0.1, 0.15) is 0 Å². The van der Waals surface area contributed by atoms with Crippen LogP contribution in [-0.4, -0.2) is 9.13 Å². The molecule has 0 atom stereocenters. The van der Waals surface area contributed by atoms with Crippen LogP contribution in [0.4, 0.5) is 0 Å². The Bertz CT molecular complexity index is 3670. The summed E-state index contributed by atoms with van der Waals surface area (Å²) in [6.45, 7) is 0. The zero-order valence-electron chi connectivity index (χ0n) is 31.5. The summed E-state index contributed by atoms with van der Waals surface area (Å²) in [4.78, 5) is 0. The summed E-state index contributed by atoms with van der Waals surface area (Å²) in [5, 5.41) is 10.2. The first-order valence-corrected chi connectivity index (χ1v) is 20.1. The second-order valence-corrected chi connectivity index (χ2v) is 15.7. The first kappa shape index (κ1) is 31.5. The summed E-state index contributed by atoms with van der Waals surface area (Å²) in [6, 6.07) is 76.3. The van der Waals surface area contributed by atoms with Crippen molar-refractivity contribution in [3.05, 3.63) is 206 Å². The van der Waals surface area contributed by atoms with Crippen molar-refractivity contribution in [2.45, 2.75) is 0 Å². The third-order valence-corrected chi connectivity index (χ3v) is 12.6. The molecule has 2 heterocycles. The topological polar surface area (TPSA) is 9.86 Å². The van der Waals surface area contributed by atoms with Crippen LogP contribution in [0.3, 0.4) is 0 Å². The van der Waals surface area contributed by atoms with Crippen LogP contribution in [0.5, 0.6) is 0 Å². The Morgan fingerprint density at radius 1 is 0.276 bits per heavy atom. The molecule has 0 unspecified atom stereocenters. The number of hydrogen-bond donors (Lipinski definition) is 0. The molecule has 0 N–H and O–H groups in total. The highest BCUT2D eigenvalue weighted by atomic mass is 15.0. The molecule has 58 heavy (non-hydrogen) atoms. The number of nitrogens with zero attached hydrogens (tertiary/aromatic N) is 2. The minimum absolute atomic E-state index is 1.17. The molecular formula is C56H34N2. The highest BCUT2D eigenvalue weighted by Crippen LogP contribution is 2.49. The standard InChI is InChI=1S/C56H34N2/c1-2-15-40(16-3-1)57-52-23-9-7-19-44(52)49-32-37(26-30-53(49)57)38-27-31-54-50(33-38)47-29-24-35-12-4-5-18-42(35)56(47)58(54)51-22-8-6-17-41(51)39-25-28-43-45-20-10-13-36-14-11-21-46(55(36)45)48(43)34-39/h1-34H. The normalized spacial score (nSPS) is 12.1. The van der Waals surface area contributed by atoms with Gasteiger partial charge in [-0.25, -0.2) is 0 Å². The van der Waals surface area contributed by atoms with Gasteiger partial charge in [0.15, 0.2) is 0 Å². The minimum atomic E-state index is 1.17. The van der Waals surface area contributed by atoms with Crippen molar-refractivity contribution in [3.63, 3.8) is 0 Å². The highest BCUT2D eigenvalue weighted by Gasteiger charge is 2.23. The first-order valence-electron chi connectivity index (χ1n) is 20.1. The van der Waals surface area contributed by atoms with Crippen molar-refractivity contribution in [1.82, 2.24) is 9.13 Å². The van der Waals surface area contributed by atoms with E-state index >= 15 is 0 Å². The second kappa shape index (κ2) is 11.9. The van der Waals surface area contributed by atoms with Crippen LogP contribution < -0.4 is 0 Å². The maximum absolute atomic E-state index is 2.52. The molecule has 0 bridgehead atoms. The Hall–Kier alpha value is -7.68. The molecule has 0 radical (unpaired) electrons. The molecule has 0 aliphatic heterocycles. The number of hydrogen-bond acceptors (Lipinski definition) is 0. The van der Waals surface area contributed by atoms with E-state index in [4.69, 9.17) is 0 Å². The Kier molecular flexibility index (Phi) is 6.47. The maximum Gasteiger partial charge on any atom is 0.0619 e. The van der Waals surface area contributed by atoms with E-state index in [0.29, 0.717) is 0 Å². The fraction of sp³-hybridized carbons (Fsp3) is 0. The molecular weight excluding hydrogens is 701 g/mol. The Morgan fingerprint density at radius 3 is 1.71 bits per heavy atom. The molecule has 1 aliphatic carbocycles. The average molecular weight is 735 g/mol. The van der Waals surface area contributed by atoms with Crippen LogP contribution in [0.25, 0.3) is 121 Å². The van der Waals surface area contributed by atoms with Gasteiger partial charge in [-0.05, 0) is 110 Å². The third-order valence-electron chi connectivity index (χ3n) is 12.6. The van der Waals surface area contributed by atoms with Crippen molar-refractivity contribution in [2.24, 2.45) is 0 Å². The summed E-state index contributed by atoms with van der Waals surface area (Å²) < 4.78 is 4.90. The van der Waals surface area contributed by atoms with Gasteiger partial charge in [0.05, 0.1) is 27.8 Å². The monoisotopic (exact) mass is 734 g/mol. The Morgan fingerprint density at radius 2 is 0.879 bits per heavy atom. The predicted octanol–water partition coefficient (Wildman–Crippen LogP) is 15.2. The van der Waals surface area contributed by atoms with E-state index in [2.05, 4.69) is 215 Å². The van der Waals surface area contributed by atoms with Crippen molar-refractivity contribution in [1.29, 1.82) is 0 Å². The molecule has 0 saturated carbocycles. The lowest BCUT2D eigenvalue weighted by atomic mass is 9.96. The van der Waals surface area contributed by atoms with Gasteiger partial charge in [0, 0.05) is 38.2 Å². The third kappa shape index (κ3) is 4.37. The lowest BCUT2D eigenvalue weighted by molar-refractivity contribution is 1.18. The number of aromatic nitrogens is 2. The smallest absolute Gasteiger partial charge is 0.0619 e. The lowest BCUT2D eigenvalue weighted by Crippen LogP contribution is -1.98. The highest BCUT2D eigenvalue weighted by molar-refractivity contribution is 6.20. The van der Waals surface area contributed by atoms with Gasteiger partial charge in [-0.3, -0.25) is 0 Å². The van der Waals surface area contributed by atoms with Crippen molar-refractivity contribution in [2.75, 3.05) is 0 Å². The van der Waals surface area contributed by atoms with Gasteiger partial charge in [-0.15, -0.1) is 0 Å². The molecule has 1 aliphatic rings. The van der Waals surface area contributed by atoms with Gasteiger partial charge in [0.25, 0.3) is 0 Å². The van der Waals surface area contributed by atoms with E-state index in [1.807, 2.05) is 0 Å². The van der Waals surface area contributed by atoms with E-state index in [0.717, 1.165) is 0 Å². The molecule has 2 nitrogen and oxygen atoms in total. The fourth-order valence-electron chi connectivity index (χ4n) is 10.1. The van der Waals surface area contributed by atoms with Crippen LogP contribution in [-0.2, 0) is 0 Å². The average Bonchev–Trinajstić information content (AvgIpc) is 3.93. The molecule has 13 rings (SSSR count). The van der Waals surface area contributed by atoms with Crippen LogP contribution in [0, 0.1) is 0 Å². The summed E-state index contributed by atoms with van der Waals surface area (Å²) in [5.74, 6) is 0. The predicted molar refractivity (Wildman–Crippen MR) is 245 cm³/mol. The quantitative estimate of drug-likeness (QED) is 0.170. The molecule has 0 amide bonds. The zero-order chi connectivity index (χ0) is 37.9. The first-order chi connectivity index (χ1) is 28.8. The summed E-state index contributed by atoms with van der Waals surface area (Å²) in [6.07, 6.45) is 0. The van der Waals surface area contributed by atoms with E-state index in [1.165, 1.54) is 121 Å². The van der Waals surface area contributed by atoms with Crippen molar-refractivity contribution in [3.8, 4) is 55.9 Å². The van der Waals surface area contributed by atoms with Crippen LogP contribution in [0.2, 0.25) is 0 Å². The molecule has 2 aromatic heterocycles. The van der Waals surface area contributed by atoms with E-state index in [9.17, 15) is 0 Å². The molecule has 10 aromatic carbocycles.